The van der Waals surface area contributed by atoms with Crippen molar-refractivity contribution in [3.63, 3.8) is 0 Å². The summed E-state index contributed by atoms with van der Waals surface area (Å²) in [5.41, 5.74) is 6.41. The van der Waals surface area contributed by atoms with Crippen molar-refractivity contribution in [3.05, 3.63) is 0 Å². The van der Waals surface area contributed by atoms with E-state index in [1.807, 2.05) is 13.8 Å². The topological polar surface area (TPSA) is 44.5 Å². The summed E-state index contributed by atoms with van der Waals surface area (Å²) in [7, 11) is 0. The van der Waals surface area contributed by atoms with Gasteiger partial charge in [0.1, 0.15) is 0 Å². The summed E-state index contributed by atoms with van der Waals surface area (Å²) in [6.07, 6.45) is 17.2. The van der Waals surface area contributed by atoms with Gasteiger partial charge in [0.15, 0.2) is 6.29 Å². The molecule has 0 radical (unpaired) electrons. The third kappa shape index (κ3) is 9.96. The maximum absolute atomic E-state index is 6.41. The molecule has 150 valence electrons. The molecule has 3 atom stereocenters. The Hall–Kier alpha value is -0.120. The fraction of sp³-hybridized carbons (Fsp3) is 1.00. The van der Waals surface area contributed by atoms with Gasteiger partial charge in [-0.15, -0.1) is 0 Å². The van der Waals surface area contributed by atoms with E-state index < -0.39 is 0 Å². The van der Waals surface area contributed by atoms with Crippen LogP contribution in [0.5, 0.6) is 0 Å². The highest BCUT2D eigenvalue weighted by Gasteiger charge is 2.32. The number of hydrogen-bond donors (Lipinski definition) is 1. The molecule has 0 amide bonds. The Morgan fingerprint density at radius 3 is 2.12 bits per heavy atom. The van der Waals surface area contributed by atoms with Crippen LogP contribution in [0.3, 0.4) is 0 Å². The second-order valence-electron chi connectivity index (χ2n) is 7.85. The van der Waals surface area contributed by atoms with Crippen molar-refractivity contribution < 1.29 is 9.47 Å². The minimum atomic E-state index is 0.00533. The monoisotopic (exact) mass is 355 g/mol. The van der Waals surface area contributed by atoms with Gasteiger partial charge >= 0.3 is 0 Å². The maximum atomic E-state index is 6.41. The van der Waals surface area contributed by atoms with Gasteiger partial charge in [-0.25, -0.2) is 0 Å². The lowest BCUT2D eigenvalue weighted by molar-refractivity contribution is -0.140. The summed E-state index contributed by atoms with van der Waals surface area (Å²) in [5, 5.41) is 0. The van der Waals surface area contributed by atoms with Crippen LogP contribution in [0.1, 0.15) is 104 Å². The van der Waals surface area contributed by atoms with E-state index in [4.69, 9.17) is 15.2 Å². The molecule has 0 saturated heterocycles. The standard InChI is InChI=1S/C22H45NO2/c1-4-7-8-11-14-19-17-18-21(23)20(19)15-12-9-10-13-16-22(24-5-2)25-6-3/h19-22H,4-18,23H2,1-3H3. The molecule has 0 heterocycles. The lowest BCUT2D eigenvalue weighted by Crippen LogP contribution is -2.27. The normalized spacial score (nSPS) is 23.6. The Labute approximate surface area is 157 Å². The molecule has 3 heteroatoms. The highest BCUT2D eigenvalue weighted by atomic mass is 16.7. The maximum Gasteiger partial charge on any atom is 0.157 e. The molecule has 2 N–H and O–H groups in total. The van der Waals surface area contributed by atoms with E-state index in [9.17, 15) is 0 Å². The average Bonchev–Trinajstić information content (AvgIpc) is 2.95. The Morgan fingerprint density at radius 2 is 1.44 bits per heavy atom. The van der Waals surface area contributed by atoms with E-state index in [-0.39, 0.29) is 6.29 Å². The molecule has 3 unspecified atom stereocenters. The Kier molecular flexibility index (Phi) is 13.7. The molecule has 0 aromatic heterocycles. The third-order valence-corrected chi connectivity index (χ3v) is 5.89. The molecule has 0 aliphatic heterocycles. The van der Waals surface area contributed by atoms with Gasteiger partial charge in [-0.3, -0.25) is 0 Å². The van der Waals surface area contributed by atoms with E-state index in [2.05, 4.69) is 6.92 Å². The van der Waals surface area contributed by atoms with Crippen LogP contribution < -0.4 is 5.73 Å². The van der Waals surface area contributed by atoms with Crippen molar-refractivity contribution in [2.24, 2.45) is 17.6 Å². The fourth-order valence-electron chi connectivity index (χ4n) is 4.46. The zero-order valence-corrected chi connectivity index (χ0v) is 17.3. The summed E-state index contributed by atoms with van der Waals surface area (Å²) < 4.78 is 11.2. The average molecular weight is 356 g/mol. The van der Waals surface area contributed by atoms with Gasteiger partial charge in [-0.05, 0) is 57.8 Å². The second-order valence-corrected chi connectivity index (χ2v) is 7.85. The highest BCUT2D eigenvalue weighted by Crippen LogP contribution is 2.38. The summed E-state index contributed by atoms with van der Waals surface area (Å²) in [6, 6.07) is 0.469. The molecule has 1 saturated carbocycles. The van der Waals surface area contributed by atoms with Gasteiger partial charge < -0.3 is 15.2 Å². The number of unbranched alkanes of at least 4 members (excludes halogenated alkanes) is 6. The summed E-state index contributed by atoms with van der Waals surface area (Å²) >= 11 is 0. The van der Waals surface area contributed by atoms with Crippen molar-refractivity contribution in [1.29, 1.82) is 0 Å². The quantitative estimate of drug-likeness (QED) is 0.271. The largest absolute Gasteiger partial charge is 0.353 e. The van der Waals surface area contributed by atoms with Crippen molar-refractivity contribution >= 4 is 0 Å². The van der Waals surface area contributed by atoms with E-state index in [0.717, 1.165) is 31.5 Å². The molecule has 0 bridgehead atoms. The van der Waals surface area contributed by atoms with Gasteiger partial charge in [-0.1, -0.05) is 58.3 Å². The first-order valence-electron chi connectivity index (χ1n) is 11.2. The number of ether oxygens (including phenoxy) is 2. The van der Waals surface area contributed by atoms with Crippen molar-refractivity contribution in [1.82, 2.24) is 0 Å². The first kappa shape index (κ1) is 22.9. The van der Waals surface area contributed by atoms with Crippen LogP contribution in [0.4, 0.5) is 0 Å². The zero-order valence-electron chi connectivity index (χ0n) is 17.3. The zero-order chi connectivity index (χ0) is 18.3. The van der Waals surface area contributed by atoms with Gasteiger partial charge in [0.25, 0.3) is 0 Å². The van der Waals surface area contributed by atoms with Crippen LogP contribution in [0.25, 0.3) is 0 Å². The Bertz CT molecular complexity index is 292. The molecule has 3 nitrogen and oxygen atoms in total. The molecule has 1 fully saturated rings. The number of nitrogens with two attached hydrogens (primary N) is 1. The summed E-state index contributed by atoms with van der Waals surface area (Å²) in [4.78, 5) is 0. The third-order valence-electron chi connectivity index (χ3n) is 5.89. The van der Waals surface area contributed by atoms with Gasteiger partial charge in [0.2, 0.25) is 0 Å². The van der Waals surface area contributed by atoms with E-state index in [0.29, 0.717) is 6.04 Å². The van der Waals surface area contributed by atoms with Gasteiger partial charge in [-0.2, -0.15) is 0 Å². The van der Waals surface area contributed by atoms with Crippen molar-refractivity contribution in [2.45, 2.75) is 117 Å². The lowest BCUT2D eigenvalue weighted by Gasteiger charge is -2.23. The highest BCUT2D eigenvalue weighted by molar-refractivity contribution is 4.87. The first-order valence-corrected chi connectivity index (χ1v) is 11.2. The molecule has 0 aromatic carbocycles. The smallest absolute Gasteiger partial charge is 0.157 e. The molecule has 1 aliphatic carbocycles. The second kappa shape index (κ2) is 15.0. The molecule has 0 spiro atoms. The molecule has 25 heavy (non-hydrogen) atoms. The predicted molar refractivity (Wildman–Crippen MR) is 108 cm³/mol. The van der Waals surface area contributed by atoms with Crippen LogP contribution in [-0.4, -0.2) is 25.5 Å². The lowest BCUT2D eigenvalue weighted by atomic mass is 9.85. The predicted octanol–water partition coefficient (Wildman–Crippen LogP) is 6.05. The van der Waals surface area contributed by atoms with Gasteiger partial charge in [0, 0.05) is 19.3 Å². The molecular weight excluding hydrogens is 310 g/mol. The minimum absolute atomic E-state index is 0.00533. The van der Waals surface area contributed by atoms with Crippen LogP contribution in [0, 0.1) is 11.8 Å². The number of hydrogen-bond acceptors (Lipinski definition) is 3. The van der Waals surface area contributed by atoms with Gasteiger partial charge in [0.05, 0.1) is 0 Å². The molecule has 0 aromatic rings. The van der Waals surface area contributed by atoms with E-state index >= 15 is 0 Å². The van der Waals surface area contributed by atoms with Crippen molar-refractivity contribution in [2.75, 3.05) is 13.2 Å². The SMILES string of the molecule is CCCCCCC1CCC(N)C1CCCCCCC(OCC)OCC. The first-order chi connectivity index (χ1) is 12.2. The molecule has 1 rings (SSSR count). The summed E-state index contributed by atoms with van der Waals surface area (Å²) in [6.45, 7) is 7.85. The Balaban J connectivity index is 2.12. The van der Waals surface area contributed by atoms with Crippen molar-refractivity contribution in [3.8, 4) is 0 Å². The van der Waals surface area contributed by atoms with E-state index in [1.54, 1.807) is 0 Å². The van der Waals surface area contributed by atoms with Crippen LogP contribution in [0.15, 0.2) is 0 Å². The van der Waals surface area contributed by atoms with E-state index in [1.165, 1.54) is 77.0 Å². The summed E-state index contributed by atoms with van der Waals surface area (Å²) in [5.74, 6) is 1.70. The Morgan fingerprint density at radius 1 is 0.800 bits per heavy atom. The minimum Gasteiger partial charge on any atom is -0.353 e. The molecule has 1 aliphatic rings. The number of rotatable bonds is 16. The van der Waals surface area contributed by atoms with Crippen LogP contribution in [-0.2, 0) is 9.47 Å². The van der Waals surface area contributed by atoms with Crippen LogP contribution in [0.2, 0.25) is 0 Å². The fourth-order valence-corrected chi connectivity index (χ4v) is 4.46. The van der Waals surface area contributed by atoms with Crippen LogP contribution >= 0.6 is 0 Å². The molecular formula is C22H45NO2.